The summed E-state index contributed by atoms with van der Waals surface area (Å²) in [5.41, 5.74) is 3.41. The molecular formula is C25H24F2N2O3. The van der Waals surface area contributed by atoms with Crippen LogP contribution < -0.4 is 0 Å². The van der Waals surface area contributed by atoms with Gasteiger partial charge in [-0.25, -0.2) is 8.78 Å². The first-order valence-corrected chi connectivity index (χ1v) is 10.5. The van der Waals surface area contributed by atoms with E-state index in [1.54, 1.807) is 18.2 Å². The molecule has 0 fully saturated rings. The number of nitrogens with zero attached hydrogens (tertiary/aromatic N) is 2. The lowest BCUT2D eigenvalue weighted by Gasteiger charge is -2.14. The van der Waals surface area contributed by atoms with Crippen molar-refractivity contribution in [3.63, 3.8) is 0 Å². The van der Waals surface area contributed by atoms with Crippen molar-refractivity contribution in [3.8, 4) is 5.75 Å². The molecule has 0 saturated heterocycles. The number of aromatic nitrogens is 2. The predicted octanol–water partition coefficient (Wildman–Crippen LogP) is 5.91. The van der Waals surface area contributed by atoms with Gasteiger partial charge >= 0.3 is 0 Å². The highest BCUT2D eigenvalue weighted by Gasteiger charge is 2.25. The molecule has 0 unspecified atom stereocenters. The Morgan fingerprint density at radius 1 is 1.12 bits per heavy atom. The van der Waals surface area contributed by atoms with Gasteiger partial charge in [-0.05, 0) is 49.1 Å². The van der Waals surface area contributed by atoms with Crippen LogP contribution >= 0.6 is 0 Å². The Hall–Kier alpha value is -3.48. The summed E-state index contributed by atoms with van der Waals surface area (Å²) in [6, 6.07) is 10.5. The van der Waals surface area contributed by atoms with E-state index in [0.717, 1.165) is 28.7 Å². The number of benzene rings is 2. The smallest absolute Gasteiger partial charge is 0.165 e. The molecule has 5 nitrogen and oxygen atoms in total. The first-order chi connectivity index (χ1) is 15.2. The fourth-order valence-electron chi connectivity index (χ4n) is 4.15. The van der Waals surface area contributed by atoms with E-state index in [4.69, 9.17) is 4.52 Å². The van der Waals surface area contributed by atoms with Crippen LogP contribution in [0.15, 0.2) is 47.0 Å². The molecule has 166 valence electrons. The fourth-order valence-corrected chi connectivity index (χ4v) is 4.15. The number of hydrogen-bond acceptors (Lipinski definition) is 4. The summed E-state index contributed by atoms with van der Waals surface area (Å²) in [4.78, 5) is 13.4. The van der Waals surface area contributed by atoms with E-state index in [-0.39, 0.29) is 23.9 Å². The third-order valence-corrected chi connectivity index (χ3v) is 5.54. The standard InChI is InChI=1S/C25H24F2N2O3/c1-14(2)25-24(23(31)9-5-16-4-8-20(26)21(27)11-16)19-7-6-18(30)12-22(19)29(25)13-17-10-15(3)32-28-17/h4,6-8,10-12,14,30H,5,9,13H2,1-3H3. The summed E-state index contributed by atoms with van der Waals surface area (Å²) in [5.74, 6) is -1.12. The lowest BCUT2D eigenvalue weighted by atomic mass is 9.96. The maximum absolute atomic E-state index is 13.6. The highest BCUT2D eigenvalue weighted by Crippen LogP contribution is 2.35. The van der Waals surface area contributed by atoms with Gasteiger partial charge in [0.15, 0.2) is 17.4 Å². The largest absolute Gasteiger partial charge is 0.508 e. The van der Waals surface area contributed by atoms with E-state index in [1.807, 2.05) is 31.4 Å². The van der Waals surface area contributed by atoms with Crippen molar-refractivity contribution < 1.29 is 23.2 Å². The SMILES string of the molecule is Cc1cc(Cn2c(C(C)C)c(C(=O)CCc3ccc(F)c(F)c3)c3ccc(O)cc32)no1. The molecule has 0 amide bonds. The summed E-state index contributed by atoms with van der Waals surface area (Å²) >= 11 is 0. The molecule has 0 radical (unpaired) electrons. The van der Waals surface area contributed by atoms with Crippen LogP contribution in [0.2, 0.25) is 0 Å². The number of halogens is 2. The molecule has 0 bridgehead atoms. The zero-order chi connectivity index (χ0) is 23.0. The Morgan fingerprint density at radius 2 is 1.91 bits per heavy atom. The molecule has 2 heterocycles. The average molecular weight is 438 g/mol. The number of rotatable bonds is 7. The van der Waals surface area contributed by atoms with Crippen molar-refractivity contribution in [1.29, 1.82) is 0 Å². The second kappa shape index (κ2) is 8.57. The number of phenols is 1. The van der Waals surface area contributed by atoms with Crippen molar-refractivity contribution in [3.05, 3.63) is 82.4 Å². The maximum atomic E-state index is 13.6. The number of aryl methyl sites for hydroxylation is 2. The third-order valence-electron chi connectivity index (χ3n) is 5.54. The zero-order valence-electron chi connectivity index (χ0n) is 18.2. The van der Waals surface area contributed by atoms with E-state index in [1.165, 1.54) is 6.07 Å². The Bertz CT molecular complexity index is 1300. The maximum Gasteiger partial charge on any atom is 0.165 e. The second-order valence-electron chi connectivity index (χ2n) is 8.30. The predicted molar refractivity (Wildman–Crippen MR) is 117 cm³/mol. The second-order valence-corrected chi connectivity index (χ2v) is 8.30. The van der Waals surface area contributed by atoms with Gasteiger partial charge in [-0.2, -0.15) is 0 Å². The van der Waals surface area contributed by atoms with Crippen molar-refractivity contribution in [2.75, 3.05) is 0 Å². The quantitative estimate of drug-likeness (QED) is 0.364. The number of aromatic hydroxyl groups is 1. The van der Waals surface area contributed by atoms with Gasteiger partial charge in [0.25, 0.3) is 0 Å². The van der Waals surface area contributed by atoms with Crippen LogP contribution in [0, 0.1) is 18.6 Å². The van der Waals surface area contributed by atoms with Crippen LogP contribution in [0.1, 0.15) is 59.3 Å². The van der Waals surface area contributed by atoms with E-state index < -0.39 is 11.6 Å². The van der Waals surface area contributed by atoms with Gasteiger partial charge in [0.05, 0.1) is 12.1 Å². The molecule has 2 aromatic heterocycles. The first kappa shape index (κ1) is 21.7. The van der Waals surface area contributed by atoms with Crippen molar-refractivity contribution in [1.82, 2.24) is 9.72 Å². The summed E-state index contributed by atoms with van der Waals surface area (Å²) in [5, 5.41) is 14.9. The van der Waals surface area contributed by atoms with Gasteiger partial charge in [0.1, 0.15) is 17.2 Å². The molecule has 0 aliphatic carbocycles. The van der Waals surface area contributed by atoms with Gasteiger partial charge in [-0.3, -0.25) is 4.79 Å². The minimum absolute atomic E-state index is 0.0137. The van der Waals surface area contributed by atoms with E-state index in [9.17, 15) is 18.7 Å². The number of phenolic OH excluding ortho intramolecular Hbond substituents is 1. The van der Waals surface area contributed by atoms with Crippen LogP contribution in [0.4, 0.5) is 8.78 Å². The lowest BCUT2D eigenvalue weighted by Crippen LogP contribution is -2.11. The number of fused-ring (bicyclic) bond motifs is 1. The summed E-state index contributed by atoms with van der Waals surface area (Å²) < 4.78 is 34.0. The van der Waals surface area contributed by atoms with Gasteiger partial charge in [0, 0.05) is 35.2 Å². The van der Waals surface area contributed by atoms with Crippen molar-refractivity contribution in [2.24, 2.45) is 0 Å². The summed E-state index contributed by atoms with van der Waals surface area (Å²) in [6.45, 7) is 6.21. The molecule has 0 aliphatic rings. The minimum atomic E-state index is -0.923. The fraction of sp³-hybridized carbons (Fsp3) is 0.280. The number of hydrogen-bond donors (Lipinski definition) is 1. The lowest BCUT2D eigenvalue weighted by molar-refractivity contribution is 0.0982. The van der Waals surface area contributed by atoms with Crippen LogP contribution in [0.5, 0.6) is 5.75 Å². The Labute approximate surface area is 184 Å². The van der Waals surface area contributed by atoms with Gasteiger partial charge in [-0.15, -0.1) is 0 Å². The number of Topliss-reactive ketones (excluding diaryl/α,β-unsaturated/α-hetero) is 1. The molecule has 32 heavy (non-hydrogen) atoms. The van der Waals surface area contributed by atoms with Gasteiger partial charge in [-0.1, -0.05) is 25.1 Å². The molecule has 4 rings (SSSR count). The Balaban J connectivity index is 1.76. The van der Waals surface area contributed by atoms with Gasteiger partial charge in [0.2, 0.25) is 0 Å². The third kappa shape index (κ3) is 4.15. The monoisotopic (exact) mass is 438 g/mol. The topological polar surface area (TPSA) is 68.3 Å². The van der Waals surface area contributed by atoms with Crippen LogP contribution in [0.3, 0.4) is 0 Å². The number of ketones is 1. The van der Waals surface area contributed by atoms with Crippen LogP contribution in [-0.2, 0) is 13.0 Å². The molecule has 0 saturated carbocycles. The molecule has 0 atom stereocenters. The van der Waals surface area contributed by atoms with Crippen LogP contribution in [-0.4, -0.2) is 20.6 Å². The summed E-state index contributed by atoms with van der Waals surface area (Å²) in [7, 11) is 0. The molecule has 7 heteroatoms. The molecule has 0 aliphatic heterocycles. The molecular weight excluding hydrogens is 414 g/mol. The highest BCUT2D eigenvalue weighted by atomic mass is 19.2. The van der Waals surface area contributed by atoms with Crippen molar-refractivity contribution >= 4 is 16.7 Å². The minimum Gasteiger partial charge on any atom is -0.508 e. The molecule has 2 aromatic carbocycles. The van der Waals surface area contributed by atoms with E-state index >= 15 is 0 Å². The Morgan fingerprint density at radius 3 is 2.56 bits per heavy atom. The Kier molecular flexibility index (Phi) is 5.82. The molecule has 0 spiro atoms. The van der Waals surface area contributed by atoms with E-state index in [0.29, 0.717) is 35.5 Å². The summed E-state index contributed by atoms with van der Waals surface area (Å²) in [6.07, 6.45) is 0.439. The van der Waals surface area contributed by atoms with Crippen LogP contribution in [0.25, 0.3) is 10.9 Å². The average Bonchev–Trinajstić information content (AvgIpc) is 3.29. The van der Waals surface area contributed by atoms with Gasteiger partial charge < -0.3 is 14.2 Å². The first-order valence-electron chi connectivity index (χ1n) is 10.5. The normalized spacial score (nSPS) is 11.6. The molecule has 4 aromatic rings. The number of carbonyl (C=O) groups is 1. The highest BCUT2D eigenvalue weighted by molar-refractivity contribution is 6.10. The number of carbonyl (C=O) groups excluding carboxylic acids is 1. The van der Waals surface area contributed by atoms with Crippen molar-refractivity contribution in [2.45, 2.75) is 46.1 Å². The molecule has 1 N–H and O–H groups in total. The van der Waals surface area contributed by atoms with E-state index in [2.05, 4.69) is 5.16 Å². The zero-order valence-corrected chi connectivity index (χ0v) is 18.2.